The second kappa shape index (κ2) is 13.1. The van der Waals surface area contributed by atoms with Gasteiger partial charge in [-0.3, -0.25) is 0 Å². The molecule has 1 aliphatic carbocycles. The molecule has 9 nitrogen and oxygen atoms in total. The highest BCUT2D eigenvalue weighted by atomic mass is 16.6. The molecule has 0 aromatic heterocycles. The fourth-order valence-corrected chi connectivity index (χ4v) is 3.83. The minimum Gasteiger partial charge on any atom is -0.490 e. The molecule has 1 atom stereocenters. The normalized spacial score (nSPS) is 15.7. The van der Waals surface area contributed by atoms with Crippen molar-refractivity contribution in [2.75, 3.05) is 21.3 Å². The van der Waals surface area contributed by atoms with Crippen molar-refractivity contribution in [3.05, 3.63) is 65.2 Å². The fraction of sp³-hybridized carbons (Fsp3) is 0.385. The van der Waals surface area contributed by atoms with E-state index in [-0.39, 0.29) is 5.71 Å². The lowest BCUT2D eigenvalue weighted by atomic mass is 9.99. The van der Waals surface area contributed by atoms with E-state index in [0.29, 0.717) is 22.9 Å². The van der Waals surface area contributed by atoms with Crippen molar-refractivity contribution in [1.82, 2.24) is 0 Å². The zero-order valence-electron chi connectivity index (χ0n) is 20.5. The third kappa shape index (κ3) is 7.05. The maximum atomic E-state index is 12.2. The Kier molecular flexibility index (Phi) is 9.65. The third-order valence-electron chi connectivity index (χ3n) is 5.55. The zero-order valence-corrected chi connectivity index (χ0v) is 20.5. The van der Waals surface area contributed by atoms with Crippen LogP contribution in [0.15, 0.2) is 64.0 Å². The van der Waals surface area contributed by atoms with Gasteiger partial charge < -0.3 is 24.0 Å². The first-order valence-corrected chi connectivity index (χ1v) is 11.4. The number of rotatable bonds is 11. The standard InChI is InChI=1S/C26H31N3O6/c1-18(22-11-7-8-12-23(22)25(29-33-4)26(30)31-2)35-27-17-24(28-32-3)19-13-15-21(16-14-19)34-20-9-5-6-10-20/h7-8,11-18,20H,5-6,9-10H2,1-4H3. The van der Waals surface area contributed by atoms with E-state index < -0.39 is 12.1 Å². The van der Waals surface area contributed by atoms with Gasteiger partial charge in [0.05, 0.1) is 19.4 Å². The molecule has 0 N–H and O–H groups in total. The summed E-state index contributed by atoms with van der Waals surface area (Å²) in [5.74, 6) is 0.208. The summed E-state index contributed by atoms with van der Waals surface area (Å²) in [6.45, 7) is 1.81. The van der Waals surface area contributed by atoms with Crippen LogP contribution in [0.2, 0.25) is 0 Å². The SMILES string of the molecule is CON=C(C=NOC(C)c1ccccc1C(=NOC)C(=O)OC)c1ccc(OC2CCCC2)cc1. The molecule has 1 aliphatic rings. The first-order chi connectivity index (χ1) is 17.1. The molecule has 0 saturated heterocycles. The van der Waals surface area contributed by atoms with Crippen LogP contribution in [-0.4, -0.2) is 51.0 Å². The van der Waals surface area contributed by atoms with Crippen LogP contribution >= 0.6 is 0 Å². The average molecular weight is 482 g/mol. The highest BCUT2D eigenvalue weighted by Crippen LogP contribution is 2.25. The van der Waals surface area contributed by atoms with Crippen molar-refractivity contribution in [3.8, 4) is 5.75 Å². The van der Waals surface area contributed by atoms with Gasteiger partial charge in [-0.25, -0.2) is 4.79 Å². The number of benzene rings is 2. The van der Waals surface area contributed by atoms with Gasteiger partial charge in [0.25, 0.3) is 0 Å². The Balaban J connectivity index is 1.72. The molecule has 0 spiro atoms. The van der Waals surface area contributed by atoms with E-state index in [1.54, 1.807) is 19.1 Å². The van der Waals surface area contributed by atoms with E-state index >= 15 is 0 Å². The molecule has 0 amide bonds. The lowest BCUT2D eigenvalue weighted by Gasteiger charge is -2.15. The lowest BCUT2D eigenvalue weighted by molar-refractivity contribution is -0.132. The number of carbonyl (C=O) groups is 1. The van der Waals surface area contributed by atoms with E-state index in [1.165, 1.54) is 40.4 Å². The van der Waals surface area contributed by atoms with E-state index in [0.717, 1.165) is 24.2 Å². The molecule has 1 saturated carbocycles. The zero-order chi connectivity index (χ0) is 25.0. The van der Waals surface area contributed by atoms with Crippen molar-refractivity contribution in [1.29, 1.82) is 0 Å². The van der Waals surface area contributed by atoms with Gasteiger partial charge in [-0.2, -0.15) is 0 Å². The second-order valence-electron chi connectivity index (χ2n) is 7.89. The summed E-state index contributed by atoms with van der Waals surface area (Å²) >= 11 is 0. The second-order valence-corrected chi connectivity index (χ2v) is 7.89. The number of oxime groups is 3. The number of carbonyl (C=O) groups excluding carboxylic acids is 1. The van der Waals surface area contributed by atoms with Gasteiger partial charge in [-0.05, 0) is 56.9 Å². The van der Waals surface area contributed by atoms with Crippen molar-refractivity contribution >= 4 is 23.6 Å². The smallest absolute Gasteiger partial charge is 0.360 e. The fourth-order valence-electron chi connectivity index (χ4n) is 3.83. The molecular weight excluding hydrogens is 450 g/mol. The molecule has 0 radical (unpaired) electrons. The molecular formula is C26H31N3O6. The van der Waals surface area contributed by atoms with Crippen LogP contribution in [0.5, 0.6) is 5.75 Å². The van der Waals surface area contributed by atoms with Crippen molar-refractivity contribution in [2.45, 2.75) is 44.8 Å². The summed E-state index contributed by atoms with van der Waals surface area (Å²) in [5, 5.41) is 12.0. The van der Waals surface area contributed by atoms with E-state index in [9.17, 15) is 4.79 Å². The number of esters is 1. The molecule has 1 fully saturated rings. The first kappa shape index (κ1) is 25.7. The molecule has 0 aliphatic heterocycles. The first-order valence-electron chi connectivity index (χ1n) is 11.4. The van der Waals surface area contributed by atoms with Crippen LogP contribution in [0, 0.1) is 0 Å². The van der Waals surface area contributed by atoms with Crippen LogP contribution in [0.3, 0.4) is 0 Å². The highest BCUT2D eigenvalue weighted by Gasteiger charge is 2.22. The largest absolute Gasteiger partial charge is 0.490 e. The van der Waals surface area contributed by atoms with E-state index in [2.05, 4.69) is 15.5 Å². The summed E-state index contributed by atoms with van der Waals surface area (Å²) in [6.07, 6.45) is 5.89. The van der Waals surface area contributed by atoms with Gasteiger partial charge in [-0.15, -0.1) is 0 Å². The number of hydrogen-bond acceptors (Lipinski definition) is 9. The molecule has 186 valence electrons. The van der Waals surface area contributed by atoms with Gasteiger partial charge in [0, 0.05) is 16.7 Å². The molecule has 2 aromatic rings. The van der Waals surface area contributed by atoms with Crippen LogP contribution in [-0.2, 0) is 24.0 Å². The van der Waals surface area contributed by atoms with E-state index in [1.807, 2.05) is 36.4 Å². The predicted octanol–water partition coefficient (Wildman–Crippen LogP) is 4.65. The maximum absolute atomic E-state index is 12.2. The molecule has 9 heteroatoms. The van der Waals surface area contributed by atoms with Gasteiger partial charge in [0.1, 0.15) is 31.8 Å². The van der Waals surface area contributed by atoms with Gasteiger partial charge in [0.2, 0.25) is 0 Å². The topological polar surface area (TPSA) is 100 Å². The monoisotopic (exact) mass is 481 g/mol. The minimum absolute atomic E-state index is 0.0339. The molecule has 3 rings (SSSR count). The number of methoxy groups -OCH3 is 1. The molecule has 0 bridgehead atoms. The van der Waals surface area contributed by atoms with Crippen LogP contribution in [0.4, 0.5) is 0 Å². The van der Waals surface area contributed by atoms with Crippen LogP contribution < -0.4 is 4.74 Å². The van der Waals surface area contributed by atoms with Crippen molar-refractivity contribution in [2.24, 2.45) is 15.5 Å². The number of ether oxygens (including phenoxy) is 2. The Labute approximate surface area is 205 Å². The number of nitrogens with zero attached hydrogens (tertiary/aromatic N) is 3. The van der Waals surface area contributed by atoms with Gasteiger partial charge >= 0.3 is 5.97 Å². The van der Waals surface area contributed by atoms with Crippen LogP contribution in [0.1, 0.15) is 55.4 Å². The van der Waals surface area contributed by atoms with E-state index in [4.69, 9.17) is 24.0 Å². The predicted molar refractivity (Wildman–Crippen MR) is 133 cm³/mol. The molecule has 2 aromatic carbocycles. The van der Waals surface area contributed by atoms with Crippen LogP contribution in [0.25, 0.3) is 0 Å². The van der Waals surface area contributed by atoms with Crippen molar-refractivity contribution < 1.29 is 28.8 Å². The quantitative estimate of drug-likeness (QED) is 0.263. The third-order valence-corrected chi connectivity index (χ3v) is 5.55. The molecule has 0 heterocycles. The Morgan fingerprint density at radius 1 is 0.971 bits per heavy atom. The van der Waals surface area contributed by atoms with Crippen molar-refractivity contribution in [3.63, 3.8) is 0 Å². The Hall–Kier alpha value is -3.88. The Bertz CT molecular complexity index is 1060. The van der Waals surface area contributed by atoms with Gasteiger partial charge in [0.15, 0.2) is 5.71 Å². The van der Waals surface area contributed by atoms with Gasteiger partial charge in [-0.1, -0.05) is 39.7 Å². The summed E-state index contributed by atoms with van der Waals surface area (Å²) < 4.78 is 10.9. The minimum atomic E-state index is -0.620. The molecule has 1 unspecified atom stereocenters. The summed E-state index contributed by atoms with van der Waals surface area (Å²) in [6, 6.07) is 14.8. The Morgan fingerprint density at radius 3 is 2.31 bits per heavy atom. The Morgan fingerprint density at radius 2 is 1.66 bits per heavy atom. The highest BCUT2D eigenvalue weighted by molar-refractivity contribution is 6.43. The summed E-state index contributed by atoms with van der Waals surface area (Å²) in [7, 11) is 4.11. The summed E-state index contributed by atoms with van der Waals surface area (Å²) in [5.41, 5.74) is 2.52. The maximum Gasteiger partial charge on any atom is 0.360 e. The molecule has 35 heavy (non-hydrogen) atoms. The summed E-state index contributed by atoms with van der Waals surface area (Å²) in [4.78, 5) is 27.7. The lowest BCUT2D eigenvalue weighted by Crippen LogP contribution is -2.20. The number of hydrogen-bond donors (Lipinski definition) is 0. The average Bonchev–Trinajstić information content (AvgIpc) is 3.40.